The second-order valence-corrected chi connectivity index (χ2v) is 4.54. The maximum absolute atomic E-state index is 12.1. The predicted molar refractivity (Wildman–Crippen MR) is 78.2 cm³/mol. The fourth-order valence-electron chi connectivity index (χ4n) is 2.01. The first kappa shape index (κ1) is 13.8. The van der Waals surface area contributed by atoms with Crippen LogP contribution in [0.15, 0.2) is 48.8 Å². The molecule has 3 rings (SSSR count). The quantitative estimate of drug-likeness (QED) is 0.437. The molecular weight excluding hydrogens is 286 g/mol. The van der Waals surface area contributed by atoms with E-state index in [1.165, 1.54) is 24.3 Å². The molecule has 2 heterocycles. The van der Waals surface area contributed by atoms with Crippen molar-refractivity contribution < 1.29 is 19.7 Å². The van der Waals surface area contributed by atoms with Crippen LogP contribution in [-0.4, -0.2) is 26.8 Å². The summed E-state index contributed by atoms with van der Waals surface area (Å²) in [5.41, 5.74) is 1.92. The molecule has 0 saturated heterocycles. The molecule has 0 fully saturated rings. The largest absolute Gasteiger partial charge is 0.340 e. The highest BCUT2D eigenvalue weighted by Gasteiger charge is 2.08. The lowest BCUT2D eigenvalue weighted by Crippen LogP contribution is -2.12. The van der Waals surface area contributed by atoms with Gasteiger partial charge in [0.2, 0.25) is 0 Å². The van der Waals surface area contributed by atoms with Gasteiger partial charge in [0.05, 0.1) is 5.69 Å². The minimum absolute atomic E-state index is 0.248. The number of carbonyl (C=O) groups excluding carboxylic acids is 2. The Labute approximate surface area is 124 Å². The number of rotatable bonds is 4. The van der Waals surface area contributed by atoms with Gasteiger partial charge < -0.3 is 14.6 Å². The summed E-state index contributed by atoms with van der Waals surface area (Å²) in [5, 5.41) is 11.2. The predicted octanol–water partition coefficient (Wildman–Crippen LogP) is 2.25. The molecule has 0 unspecified atom stereocenters. The number of anilines is 1. The number of carbonyl (C=O) groups is 2. The summed E-state index contributed by atoms with van der Waals surface area (Å²) in [6.07, 6.45) is 3.90. The highest BCUT2D eigenvalue weighted by atomic mass is 17.1. The molecule has 1 aromatic carbocycles. The summed E-state index contributed by atoms with van der Waals surface area (Å²) in [6.45, 7) is 0. The molecule has 0 bridgehead atoms. The number of nitrogens with zero attached hydrogens (tertiary/aromatic N) is 2. The van der Waals surface area contributed by atoms with Crippen LogP contribution in [-0.2, 0) is 0 Å². The summed E-state index contributed by atoms with van der Waals surface area (Å²) in [7, 11) is 0. The van der Waals surface area contributed by atoms with E-state index in [0.29, 0.717) is 28.9 Å². The number of pyridine rings is 1. The second kappa shape index (κ2) is 5.66. The highest BCUT2D eigenvalue weighted by Crippen LogP contribution is 2.15. The zero-order valence-electron chi connectivity index (χ0n) is 11.3. The fourth-order valence-corrected chi connectivity index (χ4v) is 2.01. The van der Waals surface area contributed by atoms with Crippen LogP contribution in [0.2, 0.25) is 0 Å². The number of benzene rings is 1. The van der Waals surface area contributed by atoms with Crippen molar-refractivity contribution >= 4 is 23.5 Å². The van der Waals surface area contributed by atoms with Crippen LogP contribution >= 0.6 is 0 Å². The molecule has 22 heavy (non-hydrogen) atoms. The maximum Gasteiger partial charge on any atom is 0.255 e. The molecule has 2 N–H and O–H groups in total. The van der Waals surface area contributed by atoms with E-state index in [1.807, 2.05) is 0 Å². The molecule has 0 radical (unpaired) electrons. The lowest BCUT2D eigenvalue weighted by atomic mass is 10.2. The molecule has 3 aromatic rings. The lowest BCUT2D eigenvalue weighted by Gasteiger charge is -2.06. The van der Waals surface area contributed by atoms with E-state index in [2.05, 4.69) is 15.2 Å². The minimum atomic E-state index is -0.306. The van der Waals surface area contributed by atoms with Crippen LogP contribution in [0.1, 0.15) is 20.8 Å². The maximum atomic E-state index is 12.1. The third-order valence-corrected chi connectivity index (χ3v) is 3.07. The van der Waals surface area contributed by atoms with E-state index < -0.39 is 0 Å². The molecule has 2 aromatic heterocycles. The molecule has 7 nitrogen and oxygen atoms in total. The van der Waals surface area contributed by atoms with Gasteiger partial charge in [-0.3, -0.25) is 9.59 Å². The van der Waals surface area contributed by atoms with Crippen LogP contribution in [0.3, 0.4) is 0 Å². The number of aldehydes is 1. The molecule has 1 amide bonds. The Balaban J connectivity index is 1.81. The molecule has 0 aliphatic rings. The van der Waals surface area contributed by atoms with E-state index in [9.17, 15) is 9.59 Å². The Morgan fingerprint density at radius 1 is 1.18 bits per heavy atom. The monoisotopic (exact) mass is 297 g/mol. The van der Waals surface area contributed by atoms with Gasteiger partial charge in [-0.2, -0.15) is 0 Å². The van der Waals surface area contributed by atoms with Crippen LogP contribution < -0.4 is 10.2 Å². The third kappa shape index (κ3) is 2.65. The SMILES string of the molecule is O=Cc1cn2cc(NC(=O)c3ccc(OO)cc3)ccc2n1. The minimum Gasteiger partial charge on any atom is -0.340 e. The zero-order valence-corrected chi connectivity index (χ0v) is 11.3. The fraction of sp³-hybridized carbons (Fsp3) is 0. The Morgan fingerprint density at radius 2 is 1.95 bits per heavy atom. The topological polar surface area (TPSA) is 92.9 Å². The smallest absolute Gasteiger partial charge is 0.255 e. The second-order valence-electron chi connectivity index (χ2n) is 4.54. The molecule has 0 saturated carbocycles. The molecule has 7 heteroatoms. The van der Waals surface area contributed by atoms with Crippen molar-refractivity contribution in [1.29, 1.82) is 0 Å². The van der Waals surface area contributed by atoms with Gasteiger partial charge in [-0.05, 0) is 36.4 Å². The first-order valence-electron chi connectivity index (χ1n) is 6.36. The van der Waals surface area contributed by atoms with Crippen molar-refractivity contribution in [1.82, 2.24) is 9.38 Å². The molecule has 0 atom stereocenters. The Morgan fingerprint density at radius 3 is 2.64 bits per heavy atom. The Bertz CT molecular complexity index is 840. The summed E-state index contributed by atoms with van der Waals surface area (Å²) >= 11 is 0. The summed E-state index contributed by atoms with van der Waals surface area (Å²) < 4.78 is 1.65. The number of nitrogens with one attached hydrogen (secondary N) is 1. The molecule has 0 aliphatic carbocycles. The van der Waals surface area contributed by atoms with Gasteiger partial charge in [0, 0.05) is 18.0 Å². The number of imidazole rings is 1. The lowest BCUT2D eigenvalue weighted by molar-refractivity contribution is -0.137. The van der Waals surface area contributed by atoms with E-state index in [0.717, 1.165) is 0 Å². The first-order valence-corrected chi connectivity index (χ1v) is 6.36. The molecule has 110 valence electrons. The number of amides is 1. The summed E-state index contributed by atoms with van der Waals surface area (Å²) in [6, 6.07) is 9.41. The van der Waals surface area contributed by atoms with Crippen molar-refractivity contribution in [3.05, 3.63) is 60.0 Å². The normalized spacial score (nSPS) is 10.4. The van der Waals surface area contributed by atoms with E-state index >= 15 is 0 Å². The van der Waals surface area contributed by atoms with E-state index in [1.54, 1.807) is 28.9 Å². The van der Waals surface area contributed by atoms with Crippen molar-refractivity contribution in [2.75, 3.05) is 5.32 Å². The van der Waals surface area contributed by atoms with Gasteiger partial charge in [-0.1, -0.05) is 0 Å². The van der Waals surface area contributed by atoms with Crippen molar-refractivity contribution in [2.45, 2.75) is 0 Å². The summed E-state index contributed by atoms with van der Waals surface area (Å²) in [5.74, 6) is -0.0580. The van der Waals surface area contributed by atoms with Gasteiger partial charge in [0.1, 0.15) is 11.3 Å². The van der Waals surface area contributed by atoms with Gasteiger partial charge in [0.25, 0.3) is 5.91 Å². The molecule has 0 spiro atoms. The molecule has 0 aliphatic heterocycles. The Kier molecular flexibility index (Phi) is 3.55. The van der Waals surface area contributed by atoms with Gasteiger partial charge >= 0.3 is 0 Å². The van der Waals surface area contributed by atoms with Crippen molar-refractivity contribution in [3.8, 4) is 5.75 Å². The van der Waals surface area contributed by atoms with Crippen LogP contribution in [0.25, 0.3) is 5.65 Å². The average Bonchev–Trinajstić information content (AvgIpc) is 2.97. The van der Waals surface area contributed by atoms with Crippen molar-refractivity contribution in [2.24, 2.45) is 0 Å². The molecular formula is C15H11N3O4. The van der Waals surface area contributed by atoms with Gasteiger partial charge in [-0.15, -0.1) is 0 Å². The number of hydrogen-bond acceptors (Lipinski definition) is 5. The highest BCUT2D eigenvalue weighted by molar-refractivity contribution is 6.04. The van der Waals surface area contributed by atoms with Crippen LogP contribution in [0.4, 0.5) is 5.69 Å². The zero-order chi connectivity index (χ0) is 15.5. The first-order chi connectivity index (χ1) is 10.7. The van der Waals surface area contributed by atoms with Crippen molar-refractivity contribution in [3.63, 3.8) is 0 Å². The Hall–Kier alpha value is -3.19. The van der Waals surface area contributed by atoms with Crippen LogP contribution in [0, 0.1) is 0 Å². The van der Waals surface area contributed by atoms with E-state index in [4.69, 9.17) is 5.26 Å². The number of aromatic nitrogens is 2. The van der Waals surface area contributed by atoms with E-state index in [-0.39, 0.29) is 11.7 Å². The third-order valence-electron chi connectivity index (χ3n) is 3.07. The van der Waals surface area contributed by atoms with Gasteiger partial charge in [-0.25, -0.2) is 10.2 Å². The summed E-state index contributed by atoms with van der Waals surface area (Å²) in [4.78, 5) is 30.9. The van der Waals surface area contributed by atoms with Gasteiger partial charge in [0.15, 0.2) is 12.0 Å². The van der Waals surface area contributed by atoms with Crippen LogP contribution in [0.5, 0.6) is 5.75 Å². The number of fused-ring (bicyclic) bond motifs is 1. The standard InChI is InChI=1S/C15H11N3O4/c19-9-12-8-18-7-11(3-6-14(18)16-12)17-15(20)10-1-4-13(22-21)5-2-10/h1-9,21H,(H,17,20). The average molecular weight is 297 g/mol. The number of hydrogen-bond donors (Lipinski definition) is 2.